The summed E-state index contributed by atoms with van der Waals surface area (Å²) in [6, 6.07) is 12.3. The van der Waals surface area contributed by atoms with Crippen molar-refractivity contribution < 1.29 is 21.6 Å². The van der Waals surface area contributed by atoms with Gasteiger partial charge in [0.05, 0.1) is 4.90 Å². The maximum absolute atomic E-state index is 13.5. The molecule has 0 bridgehead atoms. The quantitative estimate of drug-likeness (QED) is 0.620. The molecule has 0 saturated carbocycles. The molecule has 0 aliphatic rings. The third kappa shape index (κ3) is 4.03. The van der Waals surface area contributed by atoms with E-state index in [1.54, 1.807) is 24.3 Å². The molecule has 2 aromatic carbocycles. The summed E-state index contributed by atoms with van der Waals surface area (Å²) in [6.07, 6.45) is -1.66. The molecule has 4 nitrogen and oxygen atoms in total. The Labute approximate surface area is 158 Å². The summed E-state index contributed by atoms with van der Waals surface area (Å²) in [6.45, 7) is 0. The fraction of sp³-hybridized carbons (Fsp3) is 0.167. The van der Waals surface area contributed by atoms with E-state index < -0.39 is 21.7 Å². The van der Waals surface area contributed by atoms with Gasteiger partial charge in [-0.1, -0.05) is 24.3 Å². The van der Waals surface area contributed by atoms with Gasteiger partial charge in [-0.25, -0.2) is 8.42 Å². The van der Waals surface area contributed by atoms with E-state index in [2.05, 4.69) is 10.2 Å². The van der Waals surface area contributed by atoms with Gasteiger partial charge in [0.15, 0.2) is 9.84 Å². The Balaban J connectivity index is 2.17. The number of sulfone groups is 1. The molecule has 9 heteroatoms. The highest BCUT2D eigenvalue weighted by Gasteiger charge is 2.38. The highest BCUT2D eigenvalue weighted by molar-refractivity contribution is 7.98. The largest absolute Gasteiger partial charge is 0.433 e. The van der Waals surface area contributed by atoms with Crippen molar-refractivity contribution >= 4 is 21.6 Å². The standard InChI is InChI=1S/C18H15F3N2O2S2/c1-26-13-7-3-11(4-8-13)15-16(22-23-17(15)18(19,20)21)12-5-9-14(10-6-12)27(2,24)25/h3-10H,1-2H3,(H,22,23). The average Bonchev–Trinajstić information content (AvgIpc) is 3.06. The van der Waals surface area contributed by atoms with Crippen LogP contribution in [0.2, 0.25) is 0 Å². The van der Waals surface area contributed by atoms with Crippen molar-refractivity contribution in [2.45, 2.75) is 16.0 Å². The van der Waals surface area contributed by atoms with Crippen molar-refractivity contribution in [1.82, 2.24) is 10.2 Å². The minimum absolute atomic E-state index is 0.0674. The van der Waals surface area contributed by atoms with Gasteiger partial charge >= 0.3 is 6.18 Å². The number of rotatable bonds is 4. The number of benzene rings is 2. The second-order valence-corrected chi connectivity index (χ2v) is 8.74. The van der Waals surface area contributed by atoms with E-state index in [1.807, 2.05) is 6.26 Å². The fourth-order valence-corrected chi connectivity index (χ4v) is 3.69. The molecule has 0 spiro atoms. The van der Waals surface area contributed by atoms with Gasteiger partial charge in [0.2, 0.25) is 0 Å². The highest BCUT2D eigenvalue weighted by Crippen LogP contribution is 2.41. The van der Waals surface area contributed by atoms with Gasteiger partial charge in [-0.05, 0) is 36.1 Å². The number of hydrogen-bond acceptors (Lipinski definition) is 4. The first kappa shape index (κ1) is 19.5. The van der Waals surface area contributed by atoms with Gasteiger partial charge in [0.1, 0.15) is 11.4 Å². The monoisotopic (exact) mass is 412 g/mol. The normalized spacial score (nSPS) is 12.3. The lowest BCUT2D eigenvalue weighted by molar-refractivity contribution is -0.140. The summed E-state index contributed by atoms with van der Waals surface area (Å²) in [7, 11) is -3.40. The van der Waals surface area contributed by atoms with Crippen molar-refractivity contribution in [1.29, 1.82) is 0 Å². The van der Waals surface area contributed by atoms with Gasteiger partial charge in [-0.3, -0.25) is 5.10 Å². The lowest BCUT2D eigenvalue weighted by Crippen LogP contribution is -2.07. The topological polar surface area (TPSA) is 62.8 Å². The van der Waals surface area contributed by atoms with Gasteiger partial charge < -0.3 is 0 Å². The Hall–Kier alpha value is -2.26. The summed E-state index contributed by atoms with van der Waals surface area (Å²) < 4.78 is 63.6. The molecule has 0 unspecified atom stereocenters. The summed E-state index contributed by atoms with van der Waals surface area (Å²) in [5.41, 5.74) is -0.141. The van der Waals surface area contributed by atoms with Gasteiger partial charge in [0.25, 0.3) is 0 Å². The van der Waals surface area contributed by atoms with Crippen LogP contribution in [0.25, 0.3) is 22.4 Å². The second kappa shape index (κ2) is 7.05. The first-order valence-electron chi connectivity index (χ1n) is 7.71. The lowest BCUT2D eigenvalue weighted by atomic mass is 9.99. The van der Waals surface area contributed by atoms with Crippen molar-refractivity contribution in [2.75, 3.05) is 12.5 Å². The molecule has 1 aromatic heterocycles. The molecule has 0 fully saturated rings. The summed E-state index contributed by atoms with van der Waals surface area (Å²) in [5.74, 6) is 0. The third-order valence-corrected chi connectivity index (χ3v) is 5.86. The molecular weight excluding hydrogens is 397 g/mol. The van der Waals surface area contributed by atoms with Crippen LogP contribution in [-0.2, 0) is 16.0 Å². The zero-order valence-electron chi connectivity index (χ0n) is 14.3. The zero-order valence-corrected chi connectivity index (χ0v) is 16.0. The molecule has 0 aliphatic carbocycles. The van der Waals surface area contributed by atoms with E-state index in [-0.39, 0.29) is 16.2 Å². The Morgan fingerprint density at radius 2 is 1.52 bits per heavy atom. The average molecular weight is 412 g/mol. The Bertz CT molecular complexity index is 1060. The number of hydrogen-bond donors (Lipinski definition) is 1. The van der Waals surface area contributed by atoms with Crippen LogP contribution >= 0.6 is 11.8 Å². The number of aromatic amines is 1. The predicted octanol–water partition coefficient (Wildman–Crippen LogP) is 4.89. The number of aromatic nitrogens is 2. The Morgan fingerprint density at radius 3 is 2.00 bits per heavy atom. The first-order valence-corrected chi connectivity index (χ1v) is 10.8. The van der Waals surface area contributed by atoms with E-state index in [9.17, 15) is 21.6 Å². The van der Waals surface area contributed by atoms with Crippen LogP contribution in [0.15, 0.2) is 58.3 Å². The maximum atomic E-state index is 13.5. The van der Waals surface area contributed by atoms with E-state index >= 15 is 0 Å². The van der Waals surface area contributed by atoms with Crippen LogP contribution in [0.5, 0.6) is 0 Å². The third-order valence-electron chi connectivity index (χ3n) is 3.98. The lowest BCUT2D eigenvalue weighted by Gasteiger charge is -2.10. The molecule has 0 amide bonds. The van der Waals surface area contributed by atoms with Crippen LogP contribution in [0.3, 0.4) is 0 Å². The van der Waals surface area contributed by atoms with E-state index in [0.29, 0.717) is 11.1 Å². The van der Waals surface area contributed by atoms with Crippen molar-refractivity contribution in [3.8, 4) is 22.4 Å². The van der Waals surface area contributed by atoms with Crippen LogP contribution in [0, 0.1) is 0 Å². The number of nitrogens with one attached hydrogen (secondary N) is 1. The maximum Gasteiger partial charge on any atom is 0.433 e. The van der Waals surface area contributed by atoms with E-state index in [4.69, 9.17) is 0 Å². The van der Waals surface area contributed by atoms with Crippen molar-refractivity contribution in [3.05, 3.63) is 54.2 Å². The van der Waals surface area contributed by atoms with Crippen LogP contribution < -0.4 is 0 Å². The van der Waals surface area contributed by atoms with Gasteiger partial charge in [0, 0.05) is 22.3 Å². The molecule has 0 atom stereocenters. The Kier molecular flexibility index (Phi) is 5.09. The molecule has 3 rings (SSSR count). The van der Waals surface area contributed by atoms with E-state index in [1.165, 1.54) is 36.0 Å². The first-order chi connectivity index (χ1) is 12.6. The number of nitrogens with zero attached hydrogens (tertiary/aromatic N) is 1. The molecule has 142 valence electrons. The predicted molar refractivity (Wildman–Crippen MR) is 99.4 cm³/mol. The van der Waals surface area contributed by atoms with E-state index in [0.717, 1.165) is 11.2 Å². The smallest absolute Gasteiger partial charge is 0.272 e. The molecular formula is C18H15F3N2O2S2. The second-order valence-electron chi connectivity index (χ2n) is 5.85. The van der Waals surface area contributed by atoms with Crippen LogP contribution in [-0.4, -0.2) is 31.1 Å². The number of alkyl halides is 3. The molecule has 0 saturated heterocycles. The summed E-state index contributed by atoms with van der Waals surface area (Å²) in [5, 5.41) is 5.95. The van der Waals surface area contributed by atoms with Crippen LogP contribution in [0.1, 0.15) is 5.69 Å². The molecule has 27 heavy (non-hydrogen) atoms. The minimum Gasteiger partial charge on any atom is -0.272 e. The number of halogens is 3. The SMILES string of the molecule is CSc1ccc(-c2c(-c3ccc(S(C)(=O)=O)cc3)n[nH]c2C(F)(F)F)cc1. The fourth-order valence-electron chi connectivity index (χ4n) is 2.65. The zero-order chi connectivity index (χ0) is 19.8. The molecule has 0 aliphatic heterocycles. The van der Waals surface area contributed by atoms with Crippen molar-refractivity contribution in [2.24, 2.45) is 0 Å². The molecule has 1 N–H and O–H groups in total. The van der Waals surface area contributed by atoms with Crippen LogP contribution in [0.4, 0.5) is 13.2 Å². The van der Waals surface area contributed by atoms with Gasteiger partial charge in [-0.2, -0.15) is 18.3 Å². The summed E-state index contributed by atoms with van der Waals surface area (Å²) in [4.78, 5) is 1.01. The molecule has 3 aromatic rings. The van der Waals surface area contributed by atoms with Gasteiger partial charge in [-0.15, -0.1) is 11.8 Å². The molecule has 0 radical (unpaired) electrons. The molecule has 1 heterocycles. The van der Waals surface area contributed by atoms with Crippen molar-refractivity contribution in [3.63, 3.8) is 0 Å². The number of H-pyrrole nitrogens is 1. The Morgan fingerprint density at radius 1 is 0.963 bits per heavy atom. The highest BCUT2D eigenvalue weighted by atomic mass is 32.2. The number of thioether (sulfide) groups is 1. The summed E-state index contributed by atoms with van der Waals surface area (Å²) >= 11 is 1.49. The minimum atomic E-state index is -4.61.